The number of nitro groups is 1. The SMILES string of the molecule is CN1CC(Nc2cc([N+](=O)[O-])ccc2C(=O)O)CCC1=O. The highest BCUT2D eigenvalue weighted by Gasteiger charge is 2.24. The minimum absolute atomic E-state index is 0.0276. The molecule has 1 aliphatic heterocycles. The second-order valence-corrected chi connectivity index (χ2v) is 4.95. The first kappa shape index (κ1) is 14.8. The number of rotatable bonds is 4. The summed E-state index contributed by atoms with van der Waals surface area (Å²) < 4.78 is 0. The van der Waals surface area contributed by atoms with Crippen LogP contribution >= 0.6 is 0 Å². The van der Waals surface area contributed by atoms with Crippen molar-refractivity contribution in [3.8, 4) is 0 Å². The lowest BCUT2D eigenvalue weighted by Gasteiger charge is -2.31. The molecule has 0 aromatic heterocycles. The molecular formula is C13H15N3O5. The Labute approximate surface area is 120 Å². The topological polar surface area (TPSA) is 113 Å². The van der Waals surface area contributed by atoms with Gasteiger partial charge in [0, 0.05) is 38.2 Å². The minimum Gasteiger partial charge on any atom is -0.478 e. The first-order valence-electron chi connectivity index (χ1n) is 6.40. The Morgan fingerprint density at radius 1 is 1.52 bits per heavy atom. The van der Waals surface area contributed by atoms with Gasteiger partial charge in [0.2, 0.25) is 5.91 Å². The third-order valence-electron chi connectivity index (χ3n) is 3.43. The van der Waals surface area contributed by atoms with Crippen molar-refractivity contribution in [2.24, 2.45) is 0 Å². The average Bonchev–Trinajstić information content (AvgIpc) is 2.42. The van der Waals surface area contributed by atoms with E-state index in [1.54, 1.807) is 11.9 Å². The van der Waals surface area contributed by atoms with Crippen LogP contribution in [0.25, 0.3) is 0 Å². The molecule has 0 spiro atoms. The number of carbonyl (C=O) groups is 2. The van der Waals surface area contributed by atoms with Crippen LogP contribution in [0.5, 0.6) is 0 Å². The fourth-order valence-corrected chi connectivity index (χ4v) is 2.30. The van der Waals surface area contributed by atoms with Gasteiger partial charge in [0.15, 0.2) is 0 Å². The van der Waals surface area contributed by atoms with Gasteiger partial charge < -0.3 is 15.3 Å². The predicted molar refractivity (Wildman–Crippen MR) is 74.3 cm³/mol. The van der Waals surface area contributed by atoms with Crippen LogP contribution in [0.2, 0.25) is 0 Å². The molecule has 0 radical (unpaired) electrons. The number of hydrogen-bond donors (Lipinski definition) is 2. The van der Waals surface area contributed by atoms with E-state index in [0.717, 1.165) is 6.07 Å². The third-order valence-corrected chi connectivity index (χ3v) is 3.43. The molecule has 1 amide bonds. The molecule has 0 saturated carbocycles. The molecule has 8 nitrogen and oxygen atoms in total. The van der Waals surface area contributed by atoms with Gasteiger partial charge >= 0.3 is 5.97 Å². The quantitative estimate of drug-likeness (QED) is 0.639. The van der Waals surface area contributed by atoms with Crippen LogP contribution in [0.3, 0.4) is 0 Å². The minimum atomic E-state index is -1.16. The lowest BCUT2D eigenvalue weighted by Crippen LogP contribution is -2.43. The molecule has 2 N–H and O–H groups in total. The monoisotopic (exact) mass is 293 g/mol. The number of piperidine rings is 1. The van der Waals surface area contributed by atoms with Crippen LogP contribution < -0.4 is 5.32 Å². The highest BCUT2D eigenvalue weighted by Crippen LogP contribution is 2.25. The summed E-state index contributed by atoms with van der Waals surface area (Å²) in [5, 5.41) is 22.9. The lowest BCUT2D eigenvalue weighted by molar-refractivity contribution is -0.384. The fraction of sp³-hybridized carbons (Fsp3) is 0.385. The molecule has 8 heteroatoms. The molecule has 0 bridgehead atoms. The van der Waals surface area contributed by atoms with Gasteiger partial charge in [-0.3, -0.25) is 14.9 Å². The summed E-state index contributed by atoms with van der Waals surface area (Å²) in [7, 11) is 1.67. The molecule has 1 fully saturated rings. The van der Waals surface area contributed by atoms with E-state index in [9.17, 15) is 19.7 Å². The number of hydrogen-bond acceptors (Lipinski definition) is 5. The summed E-state index contributed by atoms with van der Waals surface area (Å²) in [5.41, 5.74) is -0.00709. The van der Waals surface area contributed by atoms with Crippen molar-refractivity contribution in [1.82, 2.24) is 4.90 Å². The molecule has 1 unspecified atom stereocenters. The molecule has 1 heterocycles. The highest BCUT2D eigenvalue weighted by molar-refractivity contribution is 5.95. The van der Waals surface area contributed by atoms with Crippen LogP contribution in [0.4, 0.5) is 11.4 Å². The normalized spacial score (nSPS) is 18.4. The number of nitrogens with one attached hydrogen (secondary N) is 1. The summed E-state index contributed by atoms with van der Waals surface area (Å²) in [6.07, 6.45) is 0.927. The molecule has 2 rings (SSSR count). The Balaban J connectivity index is 2.25. The number of nitro benzene ring substituents is 1. The molecule has 1 aliphatic rings. The van der Waals surface area contributed by atoms with Crippen molar-refractivity contribution in [3.05, 3.63) is 33.9 Å². The number of anilines is 1. The van der Waals surface area contributed by atoms with Crippen LogP contribution in [-0.2, 0) is 4.79 Å². The summed E-state index contributed by atoms with van der Waals surface area (Å²) in [6.45, 7) is 0.431. The molecule has 112 valence electrons. The Morgan fingerprint density at radius 3 is 2.81 bits per heavy atom. The van der Waals surface area contributed by atoms with E-state index in [1.165, 1.54) is 12.1 Å². The summed E-state index contributed by atoms with van der Waals surface area (Å²) in [6, 6.07) is 3.44. The van der Waals surface area contributed by atoms with E-state index < -0.39 is 10.9 Å². The average molecular weight is 293 g/mol. The maximum absolute atomic E-state index is 11.4. The number of nitrogens with zero attached hydrogens (tertiary/aromatic N) is 2. The molecule has 1 saturated heterocycles. The van der Waals surface area contributed by atoms with Crippen LogP contribution in [0.15, 0.2) is 18.2 Å². The van der Waals surface area contributed by atoms with Gasteiger partial charge in [-0.1, -0.05) is 0 Å². The molecule has 1 atom stereocenters. The van der Waals surface area contributed by atoms with Gasteiger partial charge in [-0.25, -0.2) is 4.79 Å². The number of carboxylic acid groups (broad SMARTS) is 1. The van der Waals surface area contributed by atoms with Crippen LogP contribution in [0.1, 0.15) is 23.2 Å². The van der Waals surface area contributed by atoms with Gasteiger partial charge in [-0.15, -0.1) is 0 Å². The second-order valence-electron chi connectivity index (χ2n) is 4.95. The van der Waals surface area contributed by atoms with Crippen molar-refractivity contribution >= 4 is 23.3 Å². The van der Waals surface area contributed by atoms with E-state index in [1.807, 2.05) is 0 Å². The Morgan fingerprint density at radius 2 is 2.24 bits per heavy atom. The zero-order valence-electron chi connectivity index (χ0n) is 11.4. The maximum Gasteiger partial charge on any atom is 0.337 e. The summed E-state index contributed by atoms with van der Waals surface area (Å²) in [4.78, 5) is 34.4. The van der Waals surface area contributed by atoms with Gasteiger partial charge in [-0.05, 0) is 12.5 Å². The van der Waals surface area contributed by atoms with Gasteiger partial charge in [-0.2, -0.15) is 0 Å². The van der Waals surface area contributed by atoms with Crippen molar-refractivity contribution in [3.63, 3.8) is 0 Å². The van der Waals surface area contributed by atoms with Crippen LogP contribution in [-0.4, -0.2) is 46.4 Å². The summed E-state index contributed by atoms with van der Waals surface area (Å²) in [5.74, 6) is -1.13. The first-order chi connectivity index (χ1) is 9.88. The third kappa shape index (κ3) is 3.28. The zero-order chi connectivity index (χ0) is 15.6. The smallest absolute Gasteiger partial charge is 0.337 e. The van der Waals surface area contributed by atoms with Crippen molar-refractivity contribution in [2.45, 2.75) is 18.9 Å². The second kappa shape index (κ2) is 5.78. The standard InChI is InChI=1S/C13H15N3O5/c1-15-7-8(2-5-12(15)17)14-11-6-9(16(20)21)3-4-10(11)13(18)19/h3-4,6,8,14H,2,5,7H2,1H3,(H,18,19). The molecule has 21 heavy (non-hydrogen) atoms. The van der Waals surface area contributed by atoms with E-state index >= 15 is 0 Å². The Bertz CT molecular complexity index is 601. The van der Waals surface area contributed by atoms with Crippen molar-refractivity contribution in [1.29, 1.82) is 0 Å². The number of amides is 1. The van der Waals surface area contributed by atoms with E-state index in [2.05, 4.69) is 5.32 Å². The fourth-order valence-electron chi connectivity index (χ4n) is 2.30. The predicted octanol–water partition coefficient (Wildman–Crippen LogP) is 1.33. The van der Waals surface area contributed by atoms with Gasteiger partial charge in [0.05, 0.1) is 16.2 Å². The summed E-state index contributed by atoms with van der Waals surface area (Å²) >= 11 is 0. The number of carboxylic acids is 1. The van der Waals surface area contributed by atoms with Crippen LogP contribution in [0, 0.1) is 10.1 Å². The van der Waals surface area contributed by atoms with E-state index in [4.69, 9.17) is 5.11 Å². The van der Waals surface area contributed by atoms with Crippen molar-refractivity contribution < 1.29 is 19.6 Å². The highest BCUT2D eigenvalue weighted by atomic mass is 16.6. The number of non-ortho nitro benzene ring substituents is 1. The molecule has 1 aromatic rings. The Hall–Kier alpha value is -2.64. The van der Waals surface area contributed by atoms with E-state index in [-0.39, 0.29) is 28.9 Å². The first-order valence-corrected chi connectivity index (χ1v) is 6.40. The zero-order valence-corrected chi connectivity index (χ0v) is 11.4. The molecule has 0 aliphatic carbocycles. The van der Waals surface area contributed by atoms with Crippen molar-refractivity contribution in [2.75, 3.05) is 18.9 Å². The lowest BCUT2D eigenvalue weighted by atomic mass is 10.0. The number of carbonyl (C=O) groups excluding carboxylic acids is 1. The molecule has 1 aromatic carbocycles. The number of aromatic carboxylic acids is 1. The van der Waals surface area contributed by atoms with E-state index in [0.29, 0.717) is 19.4 Å². The number of benzene rings is 1. The Kier molecular flexibility index (Phi) is 4.06. The largest absolute Gasteiger partial charge is 0.478 e. The molecular weight excluding hydrogens is 278 g/mol. The van der Waals surface area contributed by atoms with Gasteiger partial charge in [0.1, 0.15) is 0 Å². The maximum atomic E-state index is 11.4. The number of likely N-dealkylation sites (N-methyl/N-ethyl adjacent to an activating group) is 1. The number of likely N-dealkylation sites (tertiary alicyclic amines) is 1. The van der Waals surface area contributed by atoms with Gasteiger partial charge in [0.25, 0.3) is 5.69 Å².